The molecule has 4 heteroatoms. The lowest BCUT2D eigenvalue weighted by Gasteiger charge is -2.14. The molecule has 0 amide bonds. The zero-order valence-electron chi connectivity index (χ0n) is 9.66. The molecule has 1 aromatic carbocycles. The molecule has 0 saturated heterocycles. The zero-order valence-corrected chi connectivity index (χ0v) is 9.66. The maximum atomic E-state index is 10.8. The van der Waals surface area contributed by atoms with E-state index in [1.54, 1.807) is 6.92 Å². The molecule has 1 aliphatic carbocycles. The Bertz CT molecular complexity index is 613. The highest BCUT2D eigenvalue weighted by Gasteiger charge is 2.22. The van der Waals surface area contributed by atoms with E-state index in [1.807, 2.05) is 6.07 Å². The van der Waals surface area contributed by atoms with Crippen LogP contribution in [0, 0.1) is 17.0 Å². The molecular formula is C13H13NO3. The van der Waals surface area contributed by atoms with Gasteiger partial charge in [-0.15, -0.1) is 0 Å². The number of nitro groups is 1. The summed E-state index contributed by atoms with van der Waals surface area (Å²) in [5.74, 6) is -0.123. The number of fused-ring (bicyclic) bond motifs is 2. The van der Waals surface area contributed by atoms with Crippen molar-refractivity contribution in [3.63, 3.8) is 0 Å². The molecule has 0 aliphatic heterocycles. The Balaban J connectivity index is 2.27. The maximum absolute atomic E-state index is 10.8. The van der Waals surface area contributed by atoms with E-state index in [0.29, 0.717) is 11.1 Å². The molecule has 0 saturated carbocycles. The second-order valence-electron chi connectivity index (χ2n) is 4.61. The number of aryl methyl sites for hydroxylation is 3. The third kappa shape index (κ3) is 1.52. The Labute approximate surface area is 98.4 Å². The van der Waals surface area contributed by atoms with Gasteiger partial charge >= 0.3 is 5.88 Å². The summed E-state index contributed by atoms with van der Waals surface area (Å²) in [5.41, 5.74) is 3.89. The first kappa shape index (κ1) is 10.3. The van der Waals surface area contributed by atoms with Gasteiger partial charge in [-0.2, -0.15) is 0 Å². The number of rotatable bonds is 1. The molecule has 4 nitrogen and oxygen atoms in total. The van der Waals surface area contributed by atoms with Gasteiger partial charge < -0.3 is 4.42 Å². The third-order valence-corrected chi connectivity index (χ3v) is 3.54. The largest absolute Gasteiger partial charge is 0.437 e. The van der Waals surface area contributed by atoms with Crippen molar-refractivity contribution in [3.8, 4) is 0 Å². The first-order chi connectivity index (χ1) is 8.16. The fourth-order valence-electron chi connectivity index (χ4n) is 2.61. The van der Waals surface area contributed by atoms with Gasteiger partial charge in [0.1, 0.15) is 10.5 Å². The number of hydrogen-bond acceptors (Lipinski definition) is 3. The summed E-state index contributed by atoms with van der Waals surface area (Å²) in [7, 11) is 0. The summed E-state index contributed by atoms with van der Waals surface area (Å²) in [4.78, 5) is 10.4. The van der Waals surface area contributed by atoms with Gasteiger partial charge in [-0.25, -0.2) is 0 Å². The van der Waals surface area contributed by atoms with Crippen molar-refractivity contribution >= 4 is 16.9 Å². The predicted octanol–water partition coefficient (Wildman–Crippen LogP) is 3.53. The first-order valence-corrected chi connectivity index (χ1v) is 5.86. The molecule has 0 spiro atoms. The first-order valence-electron chi connectivity index (χ1n) is 5.86. The lowest BCUT2D eigenvalue weighted by atomic mass is 9.90. The lowest BCUT2D eigenvalue weighted by Crippen LogP contribution is -2.01. The molecule has 0 unspecified atom stereocenters. The monoisotopic (exact) mass is 231 g/mol. The Morgan fingerprint density at radius 1 is 1.24 bits per heavy atom. The molecular weight excluding hydrogens is 218 g/mol. The second-order valence-corrected chi connectivity index (χ2v) is 4.61. The summed E-state index contributed by atoms with van der Waals surface area (Å²) in [6.07, 6.45) is 4.53. The average Bonchev–Trinajstić information content (AvgIpc) is 2.64. The van der Waals surface area contributed by atoms with Gasteiger partial charge in [0.15, 0.2) is 0 Å². The SMILES string of the molecule is Cc1c([N+](=O)[O-])oc2cc3c(cc12)CCCC3. The van der Waals surface area contributed by atoms with Crippen molar-refractivity contribution in [2.75, 3.05) is 0 Å². The van der Waals surface area contributed by atoms with E-state index in [1.165, 1.54) is 24.0 Å². The van der Waals surface area contributed by atoms with Crippen molar-refractivity contribution in [2.45, 2.75) is 32.6 Å². The van der Waals surface area contributed by atoms with Gasteiger partial charge in [-0.3, -0.25) is 10.1 Å². The Morgan fingerprint density at radius 3 is 2.53 bits per heavy atom. The molecule has 0 bridgehead atoms. The van der Waals surface area contributed by atoms with Crippen LogP contribution in [0.1, 0.15) is 29.5 Å². The average molecular weight is 231 g/mol. The Hall–Kier alpha value is -1.84. The predicted molar refractivity (Wildman–Crippen MR) is 64.2 cm³/mol. The van der Waals surface area contributed by atoms with Crippen molar-refractivity contribution in [1.29, 1.82) is 0 Å². The lowest BCUT2D eigenvalue weighted by molar-refractivity contribution is -0.402. The molecule has 1 aliphatic rings. The second kappa shape index (κ2) is 3.58. The number of furan rings is 1. The van der Waals surface area contributed by atoms with E-state index in [2.05, 4.69) is 6.07 Å². The van der Waals surface area contributed by atoms with Gasteiger partial charge in [-0.05, 0) is 55.9 Å². The molecule has 88 valence electrons. The van der Waals surface area contributed by atoms with E-state index in [9.17, 15) is 10.1 Å². The highest BCUT2D eigenvalue weighted by Crippen LogP contribution is 2.34. The van der Waals surface area contributed by atoms with E-state index < -0.39 is 4.92 Å². The highest BCUT2D eigenvalue weighted by molar-refractivity contribution is 5.85. The minimum atomic E-state index is -0.450. The Morgan fingerprint density at radius 2 is 1.88 bits per heavy atom. The molecule has 2 aromatic rings. The number of nitrogens with zero attached hydrogens (tertiary/aromatic N) is 1. The quantitative estimate of drug-likeness (QED) is 0.557. The van der Waals surface area contributed by atoms with Crippen LogP contribution in [0.5, 0.6) is 0 Å². The molecule has 1 aromatic heterocycles. The molecule has 1 heterocycles. The molecule has 3 rings (SSSR count). The van der Waals surface area contributed by atoms with Gasteiger partial charge in [-0.1, -0.05) is 0 Å². The van der Waals surface area contributed by atoms with Gasteiger partial charge in [0.2, 0.25) is 0 Å². The van der Waals surface area contributed by atoms with Crippen LogP contribution in [-0.2, 0) is 12.8 Å². The fraction of sp³-hybridized carbons (Fsp3) is 0.385. The van der Waals surface area contributed by atoms with E-state index in [-0.39, 0.29) is 5.88 Å². The number of benzene rings is 1. The van der Waals surface area contributed by atoms with E-state index in [0.717, 1.165) is 18.2 Å². The molecule has 17 heavy (non-hydrogen) atoms. The summed E-state index contributed by atoms with van der Waals surface area (Å²) >= 11 is 0. The van der Waals surface area contributed by atoms with Crippen molar-refractivity contribution < 1.29 is 9.34 Å². The van der Waals surface area contributed by atoms with Crippen LogP contribution in [0.4, 0.5) is 5.88 Å². The zero-order chi connectivity index (χ0) is 12.0. The highest BCUT2D eigenvalue weighted by atomic mass is 16.6. The van der Waals surface area contributed by atoms with Gasteiger partial charge in [0, 0.05) is 5.39 Å². The van der Waals surface area contributed by atoms with E-state index in [4.69, 9.17) is 4.42 Å². The van der Waals surface area contributed by atoms with Crippen LogP contribution in [-0.4, -0.2) is 4.92 Å². The standard InChI is InChI=1S/C13H13NO3/c1-8-11-6-9-4-2-3-5-10(9)7-12(11)17-13(8)14(15)16/h6-7H,2-5H2,1H3. The van der Waals surface area contributed by atoms with Crippen molar-refractivity contribution in [2.24, 2.45) is 0 Å². The van der Waals surface area contributed by atoms with Gasteiger partial charge in [0.05, 0.1) is 5.56 Å². The molecule has 0 atom stereocenters. The molecule has 0 fully saturated rings. The normalized spacial score (nSPS) is 14.9. The van der Waals surface area contributed by atoms with Crippen molar-refractivity contribution in [1.82, 2.24) is 0 Å². The van der Waals surface area contributed by atoms with Gasteiger partial charge in [0.25, 0.3) is 0 Å². The van der Waals surface area contributed by atoms with Crippen LogP contribution in [0.3, 0.4) is 0 Å². The Kier molecular flexibility index (Phi) is 2.18. The van der Waals surface area contributed by atoms with Crippen LogP contribution in [0.25, 0.3) is 11.0 Å². The molecule has 0 N–H and O–H groups in total. The van der Waals surface area contributed by atoms with Crippen molar-refractivity contribution in [3.05, 3.63) is 38.9 Å². The van der Waals surface area contributed by atoms with E-state index >= 15 is 0 Å². The summed E-state index contributed by atoms with van der Waals surface area (Å²) in [5, 5.41) is 11.7. The number of hydrogen-bond donors (Lipinski definition) is 0. The topological polar surface area (TPSA) is 56.3 Å². The third-order valence-electron chi connectivity index (χ3n) is 3.54. The summed E-state index contributed by atoms with van der Waals surface area (Å²) in [6, 6.07) is 4.04. The molecule has 0 radical (unpaired) electrons. The summed E-state index contributed by atoms with van der Waals surface area (Å²) < 4.78 is 5.33. The minimum Gasteiger partial charge on any atom is -0.400 e. The van der Waals surface area contributed by atoms with Crippen LogP contribution >= 0.6 is 0 Å². The maximum Gasteiger partial charge on any atom is 0.437 e. The van der Waals surface area contributed by atoms with Crippen LogP contribution < -0.4 is 0 Å². The minimum absolute atomic E-state index is 0.123. The van der Waals surface area contributed by atoms with Crippen LogP contribution in [0.15, 0.2) is 16.5 Å². The smallest absolute Gasteiger partial charge is 0.400 e. The summed E-state index contributed by atoms with van der Waals surface area (Å²) in [6.45, 7) is 1.75. The fourth-order valence-corrected chi connectivity index (χ4v) is 2.61. The van der Waals surface area contributed by atoms with Crippen LogP contribution in [0.2, 0.25) is 0 Å².